The molecule has 0 saturated heterocycles. The van der Waals surface area contributed by atoms with E-state index in [0.717, 1.165) is 31.2 Å². The number of Topliss-reactive ketones (excluding diaryl/α,β-unsaturated/α-hetero) is 1. The Morgan fingerprint density at radius 3 is 2.16 bits per heavy atom. The zero-order chi connectivity index (χ0) is 54.6. The molecule has 3 aromatic carbocycles. The highest BCUT2D eigenvalue weighted by Crippen LogP contribution is 2.68. The number of nitrogens with zero attached hydrogens (tertiary/aromatic N) is 1. The Balaban J connectivity index is 0.971. The van der Waals surface area contributed by atoms with Crippen molar-refractivity contribution < 1.29 is 63.5 Å². The largest absolute Gasteiger partial charge is 0.478 e. The molecule has 0 bridgehead atoms. The van der Waals surface area contributed by atoms with E-state index in [9.17, 15) is 54.5 Å². The number of hydrogen-bond donors (Lipinski definition) is 7. The summed E-state index contributed by atoms with van der Waals surface area (Å²) in [4.78, 5) is 78.4. The minimum absolute atomic E-state index is 0.0456. The molecule has 0 heterocycles. The molecule has 408 valence electrons. The molecule has 0 amide bonds. The molecule has 16 atom stereocenters. The number of fused-ring (bicyclic) bond motifs is 5. The number of benzene rings is 3. The van der Waals surface area contributed by atoms with Crippen LogP contribution < -0.4 is 17.2 Å². The van der Waals surface area contributed by atoms with Gasteiger partial charge in [0, 0.05) is 49.0 Å². The van der Waals surface area contributed by atoms with Gasteiger partial charge < -0.3 is 51.8 Å². The lowest BCUT2D eigenvalue weighted by Crippen LogP contribution is -2.63. The number of carbonyl (C=O) groups excluding carboxylic acids is 4. The van der Waals surface area contributed by atoms with E-state index in [1.807, 2.05) is 0 Å². The van der Waals surface area contributed by atoms with Crippen molar-refractivity contribution in [2.45, 2.75) is 152 Å². The van der Waals surface area contributed by atoms with Crippen LogP contribution in [0.3, 0.4) is 0 Å². The van der Waals surface area contributed by atoms with Crippen molar-refractivity contribution in [2.24, 2.45) is 63.5 Å². The fourth-order valence-electron chi connectivity index (χ4n) is 13.5. The summed E-state index contributed by atoms with van der Waals surface area (Å²) in [5.74, 6) is -4.35. The summed E-state index contributed by atoms with van der Waals surface area (Å²) in [5, 5.41) is 56.1. The van der Waals surface area contributed by atoms with E-state index in [1.54, 1.807) is 66.7 Å². The monoisotopic (exact) mass is 1060 g/mol. The number of ketones is 1. The molecule has 19 heteroatoms. The summed E-state index contributed by atoms with van der Waals surface area (Å²) in [6, 6.07) is 15.7. The SMILES string of the molecule is CC(OC(=O)C(N)CSCc1ccc([N+](=O)[O-])cc1)OC(=O)C(N)C(Cc1ccccc1)(OC(=O)C(N)Cc1ccccc1C(=O)CCC(C)C1CCC2C3C(O)CC4CC(O)CCC4(C)C3CC(O)C12C)C(=O)O. The lowest BCUT2D eigenvalue weighted by Gasteiger charge is -2.63. The maximum atomic E-state index is 14.1. The third-order valence-corrected chi connectivity index (χ3v) is 18.8. The highest BCUT2D eigenvalue weighted by atomic mass is 32.2. The number of carbonyl (C=O) groups is 5. The number of carboxylic acids is 1. The predicted molar refractivity (Wildman–Crippen MR) is 278 cm³/mol. The molecule has 0 spiro atoms. The van der Waals surface area contributed by atoms with Crippen LogP contribution in [0, 0.1) is 56.5 Å². The van der Waals surface area contributed by atoms with Crippen LogP contribution in [0.4, 0.5) is 5.69 Å². The van der Waals surface area contributed by atoms with E-state index in [0.29, 0.717) is 48.1 Å². The average Bonchev–Trinajstić information content (AvgIpc) is 3.76. The number of carboxylic acid groups (broad SMARTS) is 1. The molecule has 0 aromatic heterocycles. The van der Waals surface area contributed by atoms with Gasteiger partial charge in [-0.3, -0.25) is 29.3 Å². The van der Waals surface area contributed by atoms with Crippen LogP contribution >= 0.6 is 11.8 Å². The third-order valence-electron chi connectivity index (χ3n) is 17.7. The number of non-ortho nitro benzene ring substituents is 1. The standard InChI is InChI=1S/C56H74N4O14S/c1-31(40-19-20-41-48-42(27-47(64)55(40,41)4)54(3)23-22-38(61)25-36(54)26-46(48)63)14-21-45(62)39-13-9-8-12-35(39)24-43(57)51(66)74-56(53(68)69,28-33-10-6-5-7-11-33)49(59)52(67)73-32(2)72-50(65)44(58)30-75-29-34-15-17-37(18-16-34)60(70)71/h5-13,15-18,31-32,36,38,40-44,46-49,61,63-64H,14,19-30,57-59H2,1-4H3,(H,68,69). The van der Waals surface area contributed by atoms with Gasteiger partial charge >= 0.3 is 23.9 Å². The summed E-state index contributed by atoms with van der Waals surface area (Å²) in [6.07, 6.45) is 2.17. The first-order valence-corrected chi connectivity index (χ1v) is 27.3. The van der Waals surface area contributed by atoms with E-state index in [-0.39, 0.29) is 77.1 Å². The molecule has 0 aliphatic heterocycles. The first kappa shape index (κ1) is 57.4. The second kappa shape index (κ2) is 23.9. The smallest absolute Gasteiger partial charge is 0.350 e. The topological polar surface area (TPSA) is 315 Å². The number of nitro benzene ring substituents is 1. The van der Waals surface area contributed by atoms with Crippen molar-refractivity contribution in [1.82, 2.24) is 0 Å². The summed E-state index contributed by atoms with van der Waals surface area (Å²) >= 11 is 1.25. The molecular weight excluding hydrogens is 985 g/mol. The maximum absolute atomic E-state index is 14.1. The molecule has 4 fully saturated rings. The van der Waals surface area contributed by atoms with Crippen LogP contribution in [0.5, 0.6) is 0 Å². The Kier molecular flexibility index (Phi) is 18.3. The second-order valence-electron chi connectivity index (χ2n) is 22.2. The van der Waals surface area contributed by atoms with Crippen molar-refractivity contribution in [1.29, 1.82) is 0 Å². The van der Waals surface area contributed by atoms with E-state index < -0.39 is 82.9 Å². The fraction of sp³-hybridized carbons (Fsp3) is 0.589. The molecule has 4 saturated carbocycles. The molecule has 18 nitrogen and oxygen atoms in total. The number of nitrogens with two attached hydrogens (primary N) is 3. The van der Waals surface area contributed by atoms with E-state index in [4.69, 9.17) is 31.4 Å². The fourth-order valence-corrected chi connectivity index (χ4v) is 14.5. The first-order chi connectivity index (χ1) is 35.5. The van der Waals surface area contributed by atoms with Crippen molar-refractivity contribution >= 4 is 47.1 Å². The lowest BCUT2D eigenvalue weighted by atomic mass is 9.43. The molecule has 16 unspecified atom stereocenters. The van der Waals surface area contributed by atoms with Crippen LogP contribution in [0.25, 0.3) is 0 Å². The Morgan fingerprint density at radius 1 is 0.813 bits per heavy atom. The quantitative estimate of drug-likeness (QED) is 0.0210. The Morgan fingerprint density at radius 2 is 1.48 bits per heavy atom. The van der Waals surface area contributed by atoms with Gasteiger partial charge in [0.1, 0.15) is 12.1 Å². The zero-order valence-corrected chi connectivity index (χ0v) is 44.0. The highest BCUT2D eigenvalue weighted by Gasteiger charge is 2.66. The summed E-state index contributed by atoms with van der Waals surface area (Å²) in [7, 11) is 0. The number of esters is 3. The van der Waals surface area contributed by atoms with Crippen molar-refractivity contribution in [3.8, 4) is 0 Å². The minimum atomic E-state index is -2.79. The normalized spacial score (nSPS) is 29.8. The molecule has 7 rings (SSSR count). The highest BCUT2D eigenvalue weighted by molar-refractivity contribution is 7.98. The Labute approximate surface area is 442 Å². The number of ether oxygens (including phenoxy) is 3. The number of nitro groups is 1. The summed E-state index contributed by atoms with van der Waals surface area (Å²) in [6.45, 7) is 7.81. The van der Waals surface area contributed by atoms with Gasteiger partial charge in [-0.15, -0.1) is 0 Å². The van der Waals surface area contributed by atoms with Gasteiger partial charge in [0.25, 0.3) is 5.69 Å². The van der Waals surface area contributed by atoms with Crippen molar-refractivity contribution in [3.63, 3.8) is 0 Å². The molecule has 0 radical (unpaired) electrons. The van der Waals surface area contributed by atoms with Gasteiger partial charge in [0.15, 0.2) is 11.8 Å². The van der Waals surface area contributed by atoms with Gasteiger partial charge in [0.05, 0.1) is 23.2 Å². The van der Waals surface area contributed by atoms with Crippen molar-refractivity contribution in [2.75, 3.05) is 5.75 Å². The van der Waals surface area contributed by atoms with Gasteiger partial charge in [-0.25, -0.2) is 4.79 Å². The van der Waals surface area contributed by atoms with Crippen LogP contribution in [0.2, 0.25) is 0 Å². The average molecular weight is 1060 g/mol. The molecule has 10 N–H and O–H groups in total. The number of hydrogen-bond acceptors (Lipinski definition) is 17. The third kappa shape index (κ3) is 12.3. The van der Waals surface area contributed by atoms with Gasteiger partial charge in [-0.1, -0.05) is 87.5 Å². The van der Waals surface area contributed by atoms with Gasteiger partial charge in [-0.2, -0.15) is 11.8 Å². The summed E-state index contributed by atoms with van der Waals surface area (Å²) < 4.78 is 16.2. The zero-order valence-electron chi connectivity index (χ0n) is 43.2. The van der Waals surface area contributed by atoms with Crippen molar-refractivity contribution in [3.05, 3.63) is 111 Å². The van der Waals surface area contributed by atoms with Gasteiger partial charge in [-0.05, 0) is 121 Å². The molecule has 4 aliphatic carbocycles. The first-order valence-electron chi connectivity index (χ1n) is 26.1. The molecule has 75 heavy (non-hydrogen) atoms. The van der Waals surface area contributed by atoms with E-state index >= 15 is 0 Å². The van der Waals surface area contributed by atoms with Crippen LogP contribution in [0.1, 0.15) is 113 Å². The maximum Gasteiger partial charge on any atom is 0.350 e. The number of aliphatic hydroxyl groups is 3. The number of thioether (sulfide) groups is 1. The number of aliphatic hydroxyl groups excluding tert-OH is 3. The predicted octanol–water partition coefficient (Wildman–Crippen LogP) is 5.65. The van der Waals surface area contributed by atoms with Crippen LogP contribution in [-0.4, -0.2) is 109 Å². The number of aliphatic carboxylic acids is 1. The molecule has 3 aromatic rings. The van der Waals surface area contributed by atoms with Crippen LogP contribution in [0.15, 0.2) is 78.9 Å². The van der Waals surface area contributed by atoms with Crippen LogP contribution in [-0.2, 0) is 52.0 Å². The minimum Gasteiger partial charge on any atom is -0.478 e. The van der Waals surface area contributed by atoms with Gasteiger partial charge in [0.2, 0.25) is 11.9 Å². The Hall–Kier alpha value is -5.28. The molecular formula is C56H74N4O14S. The lowest BCUT2D eigenvalue weighted by molar-refractivity contribution is -0.384. The summed E-state index contributed by atoms with van der Waals surface area (Å²) in [5.41, 5.74) is 17.3. The molecule has 4 aliphatic rings. The second-order valence-corrected chi connectivity index (χ2v) is 23.2. The van der Waals surface area contributed by atoms with E-state index in [2.05, 4.69) is 20.8 Å². The number of rotatable bonds is 22. The van der Waals surface area contributed by atoms with E-state index in [1.165, 1.54) is 30.8 Å². The Bertz CT molecular complexity index is 2540.